The molecule has 0 amide bonds. The highest BCUT2D eigenvalue weighted by Gasteiger charge is 2.30. The van der Waals surface area contributed by atoms with Crippen LogP contribution in [-0.2, 0) is 65.4 Å². The van der Waals surface area contributed by atoms with Gasteiger partial charge in [0.05, 0.1) is 26.4 Å². The van der Waals surface area contributed by atoms with Crippen molar-refractivity contribution in [3.8, 4) is 0 Å². The molecule has 108 heavy (non-hydrogen) atoms. The van der Waals surface area contributed by atoms with E-state index in [1.54, 1.807) is 0 Å². The number of hydrogen-bond donors (Lipinski definition) is 3. The zero-order chi connectivity index (χ0) is 78.9. The first kappa shape index (κ1) is 102. The van der Waals surface area contributed by atoms with Gasteiger partial charge < -0.3 is 33.8 Å². The van der Waals surface area contributed by atoms with E-state index in [0.717, 1.165) is 122 Å². The highest BCUT2D eigenvalue weighted by molar-refractivity contribution is 7.47. The van der Waals surface area contributed by atoms with Gasteiger partial charge in [-0.3, -0.25) is 37.3 Å². The molecule has 0 heterocycles. The molecule has 0 saturated heterocycles. The first-order valence-electron chi connectivity index (χ1n) is 40.7. The molecule has 0 aromatic rings. The summed E-state index contributed by atoms with van der Waals surface area (Å²) in [5.41, 5.74) is 0. The van der Waals surface area contributed by atoms with E-state index in [4.69, 9.17) is 37.0 Å². The van der Waals surface area contributed by atoms with Gasteiger partial charge in [-0.15, -0.1) is 0 Å². The van der Waals surface area contributed by atoms with E-state index in [2.05, 4.69) is 180 Å². The van der Waals surface area contributed by atoms with Crippen molar-refractivity contribution in [3.05, 3.63) is 194 Å². The Bertz CT molecular complexity index is 2810. The van der Waals surface area contributed by atoms with Gasteiger partial charge in [-0.1, -0.05) is 312 Å². The van der Waals surface area contributed by atoms with E-state index in [1.807, 2.05) is 42.5 Å². The molecule has 0 aromatic heterocycles. The highest BCUT2D eigenvalue weighted by Crippen LogP contribution is 2.45. The molecular weight excluding hydrogens is 1400 g/mol. The van der Waals surface area contributed by atoms with E-state index in [-0.39, 0.29) is 25.7 Å². The molecule has 0 rings (SSSR count). The summed E-state index contributed by atoms with van der Waals surface area (Å²) < 4.78 is 68.5. The van der Waals surface area contributed by atoms with E-state index in [1.165, 1.54) is 64.2 Å². The molecule has 0 aliphatic carbocycles. The van der Waals surface area contributed by atoms with Gasteiger partial charge in [0.15, 0.2) is 12.2 Å². The lowest BCUT2D eigenvalue weighted by Gasteiger charge is -2.21. The molecule has 0 aliphatic heterocycles. The average molecular weight is 1550 g/mol. The van der Waals surface area contributed by atoms with Crippen molar-refractivity contribution in [2.75, 3.05) is 39.6 Å². The third-order valence-corrected chi connectivity index (χ3v) is 18.0. The molecular formula is C89H142O17P2. The van der Waals surface area contributed by atoms with Crippen LogP contribution < -0.4 is 0 Å². The second-order valence-electron chi connectivity index (χ2n) is 26.2. The van der Waals surface area contributed by atoms with Crippen molar-refractivity contribution in [1.29, 1.82) is 0 Å². The van der Waals surface area contributed by atoms with E-state index < -0.39 is 97.5 Å². The molecule has 5 unspecified atom stereocenters. The van der Waals surface area contributed by atoms with Crippen molar-refractivity contribution in [3.63, 3.8) is 0 Å². The fraction of sp³-hybridized carbons (Fsp3) is 0.596. The number of unbranched alkanes of at least 4 members (excludes halogenated alkanes) is 16. The Morgan fingerprint density at radius 2 is 0.500 bits per heavy atom. The quantitative estimate of drug-likeness (QED) is 0.0169. The Morgan fingerprint density at radius 3 is 0.796 bits per heavy atom. The van der Waals surface area contributed by atoms with Crippen molar-refractivity contribution in [2.45, 2.75) is 303 Å². The van der Waals surface area contributed by atoms with Gasteiger partial charge in [0.2, 0.25) is 0 Å². The van der Waals surface area contributed by atoms with Gasteiger partial charge in [-0.25, -0.2) is 9.13 Å². The van der Waals surface area contributed by atoms with Crippen LogP contribution in [0.1, 0.15) is 285 Å². The topological polar surface area (TPSA) is 237 Å². The van der Waals surface area contributed by atoms with E-state index in [9.17, 15) is 43.2 Å². The summed E-state index contributed by atoms with van der Waals surface area (Å²) in [5, 5.41) is 10.7. The second-order valence-corrected chi connectivity index (χ2v) is 29.1. The number of aliphatic hydroxyl groups excluding tert-OH is 1. The van der Waals surface area contributed by atoms with Gasteiger partial charge in [-0.2, -0.15) is 0 Å². The van der Waals surface area contributed by atoms with Crippen LogP contribution in [0.25, 0.3) is 0 Å². The number of phosphoric ester groups is 2. The standard InChI is InChI=1S/C89H142O17P2/c1-5-9-13-17-21-25-29-33-37-40-41-44-47-50-54-58-62-66-70-74-87(92)100-80-85(106-89(94)76-72-68-64-60-56-52-48-43-39-35-31-27-23-19-15-11-7-3)82-104-108(97,98)102-78-83(90)77-101-107(95,96)103-81-84(105-88(93)75-71-67-63-59-55-51-45-36-32-28-24-20-16-12-8-4)79-99-86(91)73-69-65-61-57-53-49-46-42-38-34-30-26-22-18-14-10-6-2/h9-11,13-15,21-23,25-27,33-35,37-39,41,44,46,48-50,52,54,57,60-62,64,66,83-85,90H,5-8,12,16-20,24,28-32,36,40,42-43,45,47,51,53,55-56,58-59,63,65,67-82H2,1-4H3,(H,95,96)(H,97,98)/b13-9-,14-10-,15-11-,25-21-,26-22-,27-23-,37-33-,38-34-,39-35-,44-41-,49-46-,52-48-,54-50-,61-57-,64-60-,66-62-. The molecule has 0 bridgehead atoms. The number of esters is 4. The van der Waals surface area contributed by atoms with Crippen LogP contribution in [0, 0.1) is 0 Å². The van der Waals surface area contributed by atoms with Gasteiger partial charge in [0, 0.05) is 25.7 Å². The zero-order valence-electron chi connectivity index (χ0n) is 66.7. The monoisotopic (exact) mass is 1540 g/mol. The normalized spacial score (nSPS) is 14.8. The molecule has 3 N–H and O–H groups in total. The van der Waals surface area contributed by atoms with Crippen LogP contribution in [0.2, 0.25) is 0 Å². The maximum atomic E-state index is 13.1. The maximum absolute atomic E-state index is 13.1. The minimum Gasteiger partial charge on any atom is -0.462 e. The predicted molar refractivity (Wildman–Crippen MR) is 445 cm³/mol. The lowest BCUT2D eigenvalue weighted by atomic mass is 10.0. The SMILES string of the molecule is CC/C=C\C/C=C\C/C=C\C/C=C\C/C=C\C/C=C\CCC(=O)OCC(COP(=O)(O)OCC(O)COP(=O)(O)OCC(COC(=O)CCC/C=C\C/C=C\C/C=C\C/C=C\C/C=C\CC)OC(=O)CCCCCCCCCCCCCCCCC)OC(=O)CCC/C=C\C/C=C\C/C=C\C/C=C\C/C=C\CC. The summed E-state index contributed by atoms with van der Waals surface area (Å²) in [5.74, 6) is -2.42. The van der Waals surface area contributed by atoms with Crippen LogP contribution in [0.5, 0.6) is 0 Å². The van der Waals surface area contributed by atoms with Gasteiger partial charge >= 0.3 is 39.5 Å². The van der Waals surface area contributed by atoms with Crippen molar-refractivity contribution < 1.29 is 80.2 Å². The van der Waals surface area contributed by atoms with Gasteiger partial charge in [-0.05, 0) is 141 Å². The average Bonchev–Trinajstić information content (AvgIpc) is 0.906. The number of ether oxygens (including phenoxy) is 4. The summed E-state index contributed by atoms with van der Waals surface area (Å²) in [6.07, 6.45) is 97.2. The van der Waals surface area contributed by atoms with Crippen LogP contribution in [-0.4, -0.2) is 96.7 Å². The van der Waals surface area contributed by atoms with Crippen molar-refractivity contribution in [2.24, 2.45) is 0 Å². The first-order valence-corrected chi connectivity index (χ1v) is 43.7. The molecule has 0 aromatic carbocycles. The summed E-state index contributed by atoms with van der Waals surface area (Å²) in [6, 6.07) is 0. The highest BCUT2D eigenvalue weighted by atomic mass is 31.2. The summed E-state index contributed by atoms with van der Waals surface area (Å²) in [4.78, 5) is 73.1. The Morgan fingerprint density at radius 1 is 0.269 bits per heavy atom. The molecule has 0 saturated carbocycles. The van der Waals surface area contributed by atoms with Crippen LogP contribution >= 0.6 is 15.6 Å². The number of carbonyl (C=O) groups excluding carboxylic acids is 4. The molecule has 19 heteroatoms. The minimum atomic E-state index is -5.02. The van der Waals surface area contributed by atoms with Crippen LogP contribution in [0.3, 0.4) is 0 Å². The summed E-state index contributed by atoms with van der Waals surface area (Å²) in [7, 11) is -10.0. The molecule has 17 nitrogen and oxygen atoms in total. The van der Waals surface area contributed by atoms with Crippen LogP contribution in [0.4, 0.5) is 0 Å². The minimum absolute atomic E-state index is 0.00827. The maximum Gasteiger partial charge on any atom is 0.472 e. The van der Waals surface area contributed by atoms with E-state index in [0.29, 0.717) is 44.9 Å². The summed E-state index contributed by atoms with van der Waals surface area (Å²) in [6.45, 7) is 4.31. The lowest BCUT2D eigenvalue weighted by molar-refractivity contribution is -0.161. The largest absolute Gasteiger partial charge is 0.472 e. The fourth-order valence-corrected chi connectivity index (χ4v) is 11.6. The lowest BCUT2D eigenvalue weighted by Crippen LogP contribution is -2.30. The van der Waals surface area contributed by atoms with Crippen LogP contribution in [0.15, 0.2) is 194 Å². The van der Waals surface area contributed by atoms with E-state index >= 15 is 0 Å². The van der Waals surface area contributed by atoms with Crippen molar-refractivity contribution >= 4 is 39.5 Å². The zero-order valence-corrected chi connectivity index (χ0v) is 68.5. The number of rotatable bonds is 74. The first-order chi connectivity index (χ1) is 52.7. The molecule has 0 aliphatic rings. The number of phosphoric acid groups is 2. The number of aliphatic hydroxyl groups is 1. The Balaban J connectivity index is 5.55. The molecule has 0 fully saturated rings. The number of allylic oxidation sites excluding steroid dienone is 32. The molecule has 5 atom stereocenters. The number of hydrogen-bond acceptors (Lipinski definition) is 15. The second kappa shape index (κ2) is 79.0. The third kappa shape index (κ3) is 78.0. The molecule has 610 valence electrons. The smallest absolute Gasteiger partial charge is 0.462 e. The summed E-state index contributed by atoms with van der Waals surface area (Å²) >= 11 is 0. The van der Waals surface area contributed by atoms with Gasteiger partial charge in [0.1, 0.15) is 19.3 Å². The molecule has 0 radical (unpaired) electrons. The fourth-order valence-electron chi connectivity index (χ4n) is 10.0. The Kier molecular flexibility index (Phi) is 74.5. The third-order valence-electron chi connectivity index (χ3n) is 16.1. The number of carbonyl (C=O) groups is 4. The Hall–Kier alpha value is -6.10. The predicted octanol–water partition coefficient (Wildman–Crippen LogP) is 24.1. The Labute approximate surface area is 653 Å². The van der Waals surface area contributed by atoms with Crippen molar-refractivity contribution in [1.82, 2.24) is 0 Å². The molecule has 0 spiro atoms. The van der Waals surface area contributed by atoms with Gasteiger partial charge in [0.25, 0.3) is 0 Å².